The normalized spacial score (nSPS) is 10.4. The molecular formula is C18H18ClNO5. The van der Waals surface area contributed by atoms with Gasteiger partial charge in [0.15, 0.2) is 5.78 Å². The Morgan fingerprint density at radius 1 is 1.20 bits per heavy atom. The van der Waals surface area contributed by atoms with Gasteiger partial charge in [0.1, 0.15) is 17.2 Å². The van der Waals surface area contributed by atoms with Gasteiger partial charge in [0.25, 0.3) is 0 Å². The monoisotopic (exact) mass is 363 g/mol. The third-order valence-electron chi connectivity index (χ3n) is 3.45. The van der Waals surface area contributed by atoms with Crippen molar-refractivity contribution in [1.29, 1.82) is 0 Å². The van der Waals surface area contributed by atoms with Gasteiger partial charge >= 0.3 is 5.97 Å². The van der Waals surface area contributed by atoms with Crippen LogP contribution in [0.4, 0.5) is 0 Å². The number of esters is 1. The molecule has 1 N–H and O–H groups in total. The molecule has 2 aromatic rings. The number of ether oxygens (including phenoxy) is 2. The molecule has 0 aliphatic rings. The molecule has 25 heavy (non-hydrogen) atoms. The molecule has 0 bridgehead atoms. The number of Topliss-reactive ketones (excluding diaryl/α,β-unsaturated/α-hetero) is 1. The molecule has 1 heterocycles. The van der Waals surface area contributed by atoms with E-state index in [9.17, 15) is 14.7 Å². The van der Waals surface area contributed by atoms with Crippen molar-refractivity contribution >= 4 is 23.4 Å². The van der Waals surface area contributed by atoms with E-state index in [0.717, 1.165) is 0 Å². The number of rotatable bonds is 7. The molecule has 1 aromatic carbocycles. The van der Waals surface area contributed by atoms with Crippen LogP contribution >= 0.6 is 11.6 Å². The van der Waals surface area contributed by atoms with Crippen LogP contribution in [0.1, 0.15) is 30.3 Å². The second kappa shape index (κ2) is 8.48. The average molecular weight is 364 g/mol. The van der Waals surface area contributed by atoms with Crippen molar-refractivity contribution in [1.82, 2.24) is 4.98 Å². The third-order valence-corrected chi connectivity index (χ3v) is 3.76. The maximum atomic E-state index is 12.3. The fourth-order valence-electron chi connectivity index (χ4n) is 2.20. The third kappa shape index (κ3) is 4.70. The van der Waals surface area contributed by atoms with Crippen LogP contribution in [0.3, 0.4) is 0 Å². The summed E-state index contributed by atoms with van der Waals surface area (Å²) in [6, 6.07) is 8.00. The van der Waals surface area contributed by atoms with Gasteiger partial charge < -0.3 is 14.6 Å². The lowest BCUT2D eigenvalue weighted by atomic mass is 10.1. The summed E-state index contributed by atoms with van der Waals surface area (Å²) in [6.45, 7) is 1.94. The number of benzene rings is 1. The predicted molar refractivity (Wildman–Crippen MR) is 93.1 cm³/mol. The van der Waals surface area contributed by atoms with Crippen LogP contribution in [0, 0.1) is 0 Å². The van der Waals surface area contributed by atoms with Gasteiger partial charge in [-0.15, -0.1) is 0 Å². The summed E-state index contributed by atoms with van der Waals surface area (Å²) in [7, 11) is 1.53. The standard InChI is InChI=1S/C18H18ClNO5/c1-3-25-17(23)9-8-16(22)18-15(21)7-6-14(20-18)12-5-4-11(24-2)10-13(12)19/h4-7,10,21H,3,8-9H2,1-2H3. The first-order valence-corrected chi connectivity index (χ1v) is 8.06. The van der Waals surface area contributed by atoms with Gasteiger partial charge in [-0.1, -0.05) is 11.6 Å². The minimum absolute atomic E-state index is 0.0681. The Labute approximate surface area is 150 Å². The molecule has 1 aromatic heterocycles. The maximum Gasteiger partial charge on any atom is 0.306 e. The molecule has 0 saturated carbocycles. The van der Waals surface area contributed by atoms with Gasteiger partial charge in [-0.25, -0.2) is 4.98 Å². The fourth-order valence-corrected chi connectivity index (χ4v) is 2.47. The predicted octanol–water partition coefficient (Wildman–Crippen LogP) is 3.64. The quantitative estimate of drug-likeness (QED) is 0.597. The van der Waals surface area contributed by atoms with Crippen LogP contribution in [0.5, 0.6) is 11.5 Å². The van der Waals surface area contributed by atoms with Crippen LogP contribution in [0.15, 0.2) is 30.3 Å². The molecule has 7 heteroatoms. The van der Waals surface area contributed by atoms with Crippen LogP contribution in [-0.2, 0) is 9.53 Å². The fraction of sp³-hybridized carbons (Fsp3) is 0.278. The Morgan fingerprint density at radius 3 is 2.60 bits per heavy atom. The van der Waals surface area contributed by atoms with Gasteiger partial charge in [-0.05, 0) is 37.3 Å². The number of halogens is 1. The highest BCUT2D eigenvalue weighted by atomic mass is 35.5. The highest BCUT2D eigenvalue weighted by molar-refractivity contribution is 6.33. The Bertz CT molecular complexity index is 791. The number of aromatic hydroxyl groups is 1. The molecular weight excluding hydrogens is 346 g/mol. The number of carbonyl (C=O) groups excluding carboxylic acids is 2. The zero-order chi connectivity index (χ0) is 18.4. The smallest absolute Gasteiger partial charge is 0.306 e. The zero-order valence-electron chi connectivity index (χ0n) is 13.9. The molecule has 0 amide bonds. The van der Waals surface area contributed by atoms with E-state index in [1.807, 2.05) is 0 Å². The summed E-state index contributed by atoms with van der Waals surface area (Å²) in [5.74, 6) is -0.567. The van der Waals surface area contributed by atoms with Gasteiger partial charge in [0.2, 0.25) is 0 Å². The lowest BCUT2D eigenvalue weighted by Crippen LogP contribution is -2.09. The summed E-state index contributed by atoms with van der Waals surface area (Å²) < 4.78 is 9.88. The van der Waals surface area contributed by atoms with Crippen molar-refractivity contribution in [3.8, 4) is 22.8 Å². The topological polar surface area (TPSA) is 85.7 Å². The first kappa shape index (κ1) is 18.7. The van der Waals surface area contributed by atoms with Gasteiger partial charge in [0.05, 0.1) is 30.9 Å². The Balaban J connectivity index is 2.25. The van der Waals surface area contributed by atoms with Crippen LogP contribution in [0.2, 0.25) is 5.02 Å². The van der Waals surface area contributed by atoms with Crippen LogP contribution in [-0.4, -0.2) is 35.6 Å². The number of carbonyl (C=O) groups is 2. The molecule has 0 aliphatic heterocycles. The summed E-state index contributed by atoms with van der Waals surface area (Å²) in [6.07, 6.45) is -0.166. The van der Waals surface area contributed by atoms with Crippen molar-refractivity contribution in [2.45, 2.75) is 19.8 Å². The van der Waals surface area contributed by atoms with Crippen molar-refractivity contribution < 1.29 is 24.2 Å². The Hall–Kier alpha value is -2.60. The molecule has 132 valence electrons. The van der Waals surface area contributed by atoms with E-state index in [4.69, 9.17) is 21.1 Å². The first-order valence-electron chi connectivity index (χ1n) is 7.69. The van der Waals surface area contributed by atoms with E-state index in [1.165, 1.54) is 13.2 Å². The van der Waals surface area contributed by atoms with E-state index in [2.05, 4.69) is 4.98 Å². The zero-order valence-corrected chi connectivity index (χ0v) is 14.7. The van der Waals surface area contributed by atoms with E-state index in [-0.39, 0.29) is 30.9 Å². The number of hydrogen-bond donors (Lipinski definition) is 1. The highest BCUT2D eigenvalue weighted by Crippen LogP contribution is 2.31. The molecule has 0 saturated heterocycles. The number of hydrogen-bond acceptors (Lipinski definition) is 6. The Morgan fingerprint density at radius 2 is 1.96 bits per heavy atom. The lowest BCUT2D eigenvalue weighted by molar-refractivity contribution is -0.143. The van der Waals surface area contributed by atoms with Crippen molar-refractivity contribution in [2.24, 2.45) is 0 Å². The van der Waals surface area contributed by atoms with Crippen molar-refractivity contribution in [3.63, 3.8) is 0 Å². The lowest BCUT2D eigenvalue weighted by Gasteiger charge is -2.09. The SMILES string of the molecule is CCOC(=O)CCC(=O)c1nc(-c2ccc(OC)cc2Cl)ccc1O. The van der Waals surface area contributed by atoms with E-state index >= 15 is 0 Å². The number of ketones is 1. The molecule has 6 nitrogen and oxygen atoms in total. The van der Waals surface area contributed by atoms with Gasteiger partial charge in [-0.3, -0.25) is 9.59 Å². The number of methoxy groups -OCH3 is 1. The summed E-state index contributed by atoms with van der Waals surface area (Å²) in [5.41, 5.74) is 0.931. The number of nitrogens with zero attached hydrogens (tertiary/aromatic N) is 1. The minimum atomic E-state index is -0.468. The second-order valence-corrected chi connectivity index (χ2v) is 5.55. The van der Waals surface area contributed by atoms with Crippen LogP contribution in [0.25, 0.3) is 11.3 Å². The summed E-state index contributed by atoms with van der Waals surface area (Å²) in [5, 5.41) is 10.3. The van der Waals surface area contributed by atoms with Gasteiger partial charge in [0, 0.05) is 12.0 Å². The van der Waals surface area contributed by atoms with Gasteiger partial charge in [-0.2, -0.15) is 0 Å². The highest BCUT2D eigenvalue weighted by Gasteiger charge is 2.17. The number of aromatic nitrogens is 1. The molecule has 0 radical (unpaired) electrons. The molecule has 0 spiro atoms. The minimum Gasteiger partial charge on any atom is -0.506 e. The van der Waals surface area contributed by atoms with Crippen molar-refractivity contribution in [2.75, 3.05) is 13.7 Å². The average Bonchev–Trinajstić information content (AvgIpc) is 2.60. The summed E-state index contributed by atoms with van der Waals surface area (Å²) >= 11 is 6.22. The Kier molecular flexibility index (Phi) is 6.36. The molecule has 0 fully saturated rings. The molecule has 2 rings (SSSR count). The molecule has 0 unspecified atom stereocenters. The second-order valence-electron chi connectivity index (χ2n) is 5.14. The van der Waals surface area contributed by atoms with E-state index < -0.39 is 11.8 Å². The van der Waals surface area contributed by atoms with Crippen LogP contribution < -0.4 is 4.74 Å². The van der Waals surface area contributed by atoms with E-state index in [1.54, 1.807) is 31.2 Å². The van der Waals surface area contributed by atoms with Crippen molar-refractivity contribution in [3.05, 3.63) is 41.0 Å². The maximum absolute atomic E-state index is 12.3. The number of pyridine rings is 1. The van der Waals surface area contributed by atoms with E-state index in [0.29, 0.717) is 22.0 Å². The molecule has 0 atom stereocenters. The first-order chi connectivity index (χ1) is 12.0. The summed E-state index contributed by atoms with van der Waals surface area (Å²) in [4.78, 5) is 27.8. The largest absolute Gasteiger partial charge is 0.506 e. The molecule has 0 aliphatic carbocycles.